The number of imide groups is 1. The maximum atomic E-state index is 13.3. The van der Waals surface area contributed by atoms with Gasteiger partial charge in [0.05, 0.1) is 12.7 Å². The molecule has 2 aromatic carbocycles. The molecule has 0 saturated carbocycles. The van der Waals surface area contributed by atoms with Crippen molar-refractivity contribution in [2.75, 3.05) is 25.6 Å². The molecule has 1 aliphatic heterocycles. The molecule has 152 valence electrons. The number of carbonyl (C=O) groups excluding carboxylic acids is 2. The lowest BCUT2D eigenvalue weighted by Gasteiger charge is -2.21. The lowest BCUT2D eigenvalue weighted by atomic mass is 10.0. The van der Waals surface area contributed by atoms with Crippen LogP contribution in [0, 0.1) is 0 Å². The zero-order valence-electron chi connectivity index (χ0n) is 17.4. The van der Waals surface area contributed by atoms with Crippen LogP contribution in [0.15, 0.2) is 60.3 Å². The summed E-state index contributed by atoms with van der Waals surface area (Å²) in [6.45, 7) is 2.59. The summed E-state index contributed by atoms with van der Waals surface area (Å²) in [6.07, 6.45) is 4.05. The summed E-state index contributed by atoms with van der Waals surface area (Å²) in [5.74, 6) is 0.249. The molecule has 0 radical (unpaired) electrons. The Morgan fingerprint density at radius 2 is 1.59 bits per heavy atom. The molecule has 3 rings (SSSR count). The van der Waals surface area contributed by atoms with Crippen molar-refractivity contribution in [3.05, 3.63) is 65.9 Å². The van der Waals surface area contributed by atoms with E-state index in [0.717, 1.165) is 36.9 Å². The quantitative estimate of drug-likeness (QED) is 0.466. The second-order valence-corrected chi connectivity index (χ2v) is 7.17. The molecule has 2 amide bonds. The molecule has 0 bridgehead atoms. The van der Waals surface area contributed by atoms with E-state index < -0.39 is 0 Å². The van der Waals surface area contributed by atoms with Crippen molar-refractivity contribution in [1.82, 2.24) is 4.90 Å². The van der Waals surface area contributed by atoms with E-state index in [1.807, 2.05) is 66.5 Å². The fourth-order valence-electron chi connectivity index (χ4n) is 3.57. The van der Waals surface area contributed by atoms with Crippen LogP contribution in [-0.4, -0.2) is 37.4 Å². The number of carbonyl (C=O) groups is 2. The van der Waals surface area contributed by atoms with Gasteiger partial charge in [0.15, 0.2) is 0 Å². The number of unbranched alkanes of at least 4 members (excludes halogenated alkanes) is 3. The predicted octanol–water partition coefficient (Wildman–Crippen LogP) is 4.49. The Bertz CT molecular complexity index is 888. The fourth-order valence-corrected chi connectivity index (χ4v) is 3.57. The van der Waals surface area contributed by atoms with Crippen LogP contribution in [0.5, 0.6) is 5.75 Å². The lowest BCUT2D eigenvalue weighted by molar-refractivity contribution is -0.136. The normalized spacial score (nSPS) is 14.0. The molecule has 1 heterocycles. The minimum Gasteiger partial charge on any atom is -0.497 e. The third-order valence-corrected chi connectivity index (χ3v) is 5.24. The van der Waals surface area contributed by atoms with Gasteiger partial charge in [-0.15, -0.1) is 0 Å². The molecule has 0 N–H and O–H groups in total. The molecule has 29 heavy (non-hydrogen) atoms. The highest BCUT2D eigenvalue weighted by atomic mass is 16.5. The van der Waals surface area contributed by atoms with Crippen molar-refractivity contribution < 1.29 is 14.3 Å². The van der Waals surface area contributed by atoms with E-state index in [9.17, 15) is 9.59 Å². The minimum atomic E-state index is -0.233. The second-order valence-electron chi connectivity index (χ2n) is 7.17. The van der Waals surface area contributed by atoms with Crippen LogP contribution in [0.3, 0.4) is 0 Å². The predicted molar refractivity (Wildman–Crippen MR) is 116 cm³/mol. The maximum Gasteiger partial charge on any atom is 0.278 e. The van der Waals surface area contributed by atoms with E-state index in [1.165, 1.54) is 4.90 Å². The summed E-state index contributed by atoms with van der Waals surface area (Å²) in [5.41, 5.74) is 2.45. The molecule has 0 unspecified atom stereocenters. The summed E-state index contributed by atoms with van der Waals surface area (Å²) in [7, 11) is 3.44. The number of benzene rings is 2. The second kappa shape index (κ2) is 9.41. The summed E-state index contributed by atoms with van der Waals surface area (Å²) in [5, 5.41) is 0. The molecule has 0 aliphatic carbocycles. The van der Waals surface area contributed by atoms with E-state index in [-0.39, 0.29) is 11.8 Å². The molecule has 5 heteroatoms. The summed E-state index contributed by atoms with van der Waals surface area (Å²) in [4.78, 5) is 29.8. The molecule has 2 aromatic rings. The molecule has 0 fully saturated rings. The Labute approximate surface area is 172 Å². The third kappa shape index (κ3) is 4.34. The van der Waals surface area contributed by atoms with Crippen LogP contribution in [0.4, 0.5) is 5.69 Å². The maximum absolute atomic E-state index is 13.3. The van der Waals surface area contributed by atoms with E-state index in [1.54, 1.807) is 7.11 Å². The van der Waals surface area contributed by atoms with Gasteiger partial charge < -0.3 is 9.64 Å². The molecule has 1 aliphatic rings. The van der Waals surface area contributed by atoms with Gasteiger partial charge in [-0.2, -0.15) is 0 Å². The average Bonchev–Trinajstić information content (AvgIpc) is 3.01. The number of ether oxygens (including phenoxy) is 1. The van der Waals surface area contributed by atoms with Crippen LogP contribution >= 0.6 is 0 Å². The van der Waals surface area contributed by atoms with Gasteiger partial charge >= 0.3 is 0 Å². The van der Waals surface area contributed by atoms with E-state index in [4.69, 9.17) is 4.74 Å². The summed E-state index contributed by atoms with van der Waals surface area (Å²) >= 11 is 0. The van der Waals surface area contributed by atoms with E-state index >= 15 is 0 Å². The average molecular weight is 392 g/mol. The van der Waals surface area contributed by atoms with Gasteiger partial charge in [-0.05, 0) is 36.2 Å². The smallest absolute Gasteiger partial charge is 0.278 e. The molecular formula is C24H28N2O3. The molecular weight excluding hydrogens is 364 g/mol. The number of anilines is 1. The first-order chi connectivity index (χ1) is 14.1. The standard InChI is InChI=1S/C24H28N2O3/c1-4-5-6-10-17-26-23(27)21(18-13-15-20(29-3)16-14-18)22(24(26)28)25(2)19-11-8-7-9-12-19/h7-9,11-16H,4-6,10,17H2,1-3H3. The van der Waals surface area contributed by atoms with Gasteiger partial charge in [0.2, 0.25) is 0 Å². The van der Waals surface area contributed by atoms with Crippen molar-refractivity contribution in [2.24, 2.45) is 0 Å². The fraction of sp³-hybridized carbons (Fsp3) is 0.333. The Morgan fingerprint density at radius 3 is 2.21 bits per heavy atom. The van der Waals surface area contributed by atoms with Gasteiger partial charge in [-0.3, -0.25) is 14.5 Å². The SMILES string of the molecule is CCCCCCN1C(=O)C(c2ccc(OC)cc2)=C(N(C)c2ccccc2)C1=O. The zero-order chi connectivity index (χ0) is 20.8. The summed E-state index contributed by atoms with van der Waals surface area (Å²) in [6, 6.07) is 16.9. The van der Waals surface area contributed by atoms with Gasteiger partial charge in [-0.25, -0.2) is 0 Å². The van der Waals surface area contributed by atoms with Crippen LogP contribution in [0.25, 0.3) is 5.57 Å². The van der Waals surface area contributed by atoms with Crippen molar-refractivity contribution >= 4 is 23.1 Å². The first kappa shape index (κ1) is 20.6. The zero-order valence-corrected chi connectivity index (χ0v) is 17.4. The number of nitrogens with zero attached hydrogens (tertiary/aromatic N) is 2. The molecule has 0 saturated heterocycles. The van der Waals surface area contributed by atoms with Gasteiger partial charge in [0.1, 0.15) is 11.4 Å². The first-order valence-electron chi connectivity index (χ1n) is 10.1. The monoisotopic (exact) mass is 392 g/mol. The van der Waals surface area contributed by atoms with Gasteiger partial charge in [0, 0.05) is 19.3 Å². The van der Waals surface area contributed by atoms with Crippen LogP contribution in [0.2, 0.25) is 0 Å². The topological polar surface area (TPSA) is 49.9 Å². The molecule has 0 spiro atoms. The number of hydrogen-bond acceptors (Lipinski definition) is 4. The van der Waals surface area contributed by atoms with Crippen molar-refractivity contribution in [3.8, 4) is 5.75 Å². The van der Waals surface area contributed by atoms with E-state index in [0.29, 0.717) is 23.6 Å². The summed E-state index contributed by atoms with van der Waals surface area (Å²) < 4.78 is 5.23. The van der Waals surface area contributed by atoms with Gasteiger partial charge in [0.25, 0.3) is 11.8 Å². The largest absolute Gasteiger partial charge is 0.497 e. The van der Waals surface area contributed by atoms with Crippen LogP contribution < -0.4 is 9.64 Å². The number of likely N-dealkylation sites (N-methyl/N-ethyl adjacent to an activating group) is 1. The molecule has 0 atom stereocenters. The molecule has 5 nitrogen and oxygen atoms in total. The first-order valence-corrected chi connectivity index (χ1v) is 10.1. The number of methoxy groups -OCH3 is 1. The molecule has 0 aromatic heterocycles. The van der Waals surface area contributed by atoms with Crippen molar-refractivity contribution in [2.45, 2.75) is 32.6 Å². The highest BCUT2D eigenvalue weighted by molar-refractivity contribution is 6.36. The number of hydrogen-bond donors (Lipinski definition) is 0. The highest BCUT2D eigenvalue weighted by Gasteiger charge is 2.40. The Hall–Kier alpha value is -3.08. The third-order valence-electron chi connectivity index (χ3n) is 5.24. The Balaban J connectivity index is 1.99. The Morgan fingerprint density at radius 1 is 0.897 bits per heavy atom. The van der Waals surface area contributed by atoms with Crippen LogP contribution in [0.1, 0.15) is 38.2 Å². The van der Waals surface area contributed by atoms with E-state index in [2.05, 4.69) is 6.92 Å². The Kier molecular flexibility index (Phi) is 6.70. The minimum absolute atomic E-state index is 0.227. The number of para-hydroxylation sites is 1. The van der Waals surface area contributed by atoms with Crippen molar-refractivity contribution in [1.29, 1.82) is 0 Å². The number of rotatable bonds is 9. The number of amides is 2. The van der Waals surface area contributed by atoms with Crippen LogP contribution in [-0.2, 0) is 9.59 Å². The lowest BCUT2D eigenvalue weighted by Crippen LogP contribution is -2.35. The van der Waals surface area contributed by atoms with Gasteiger partial charge in [-0.1, -0.05) is 56.5 Å². The highest BCUT2D eigenvalue weighted by Crippen LogP contribution is 2.34. The van der Waals surface area contributed by atoms with Crippen molar-refractivity contribution in [3.63, 3.8) is 0 Å².